The molecule has 110 valence electrons. The van der Waals surface area contributed by atoms with Crippen molar-refractivity contribution in [1.82, 2.24) is 5.32 Å². The van der Waals surface area contributed by atoms with Gasteiger partial charge in [-0.25, -0.2) is 0 Å². The highest BCUT2D eigenvalue weighted by molar-refractivity contribution is 5.34. The number of benzene rings is 1. The monoisotopic (exact) mass is 273 g/mol. The lowest BCUT2D eigenvalue weighted by Crippen LogP contribution is -2.24. The summed E-state index contributed by atoms with van der Waals surface area (Å²) in [5.74, 6) is 0.925. The summed E-state index contributed by atoms with van der Waals surface area (Å²) in [4.78, 5) is 0. The van der Waals surface area contributed by atoms with E-state index in [1.54, 1.807) is 0 Å². The molecule has 1 unspecified atom stereocenters. The fraction of sp³-hybridized carbons (Fsp3) is 0.667. The molecule has 1 fully saturated rings. The molecule has 2 aliphatic rings. The molecule has 1 aromatic carbocycles. The first kappa shape index (κ1) is 14.1. The Labute approximate surface area is 122 Å². The first-order chi connectivity index (χ1) is 9.86. The summed E-state index contributed by atoms with van der Waals surface area (Å²) >= 11 is 0. The minimum Gasteiger partial charge on any atom is -0.372 e. The fourth-order valence-electron chi connectivity index (χ4n) is 3.64. The third-order valence-electron chi connectivity index (χ3n) is 4.83. The molecule has 1 aromatic rings. The Hall–Kier alpha value is -0.860. The largest absolute Gasteiger partial charge is 0.372 e. The van der Waals surface area contributed by atoms with Gasteiger partial charge in [0.1, 0.15) is 0 Å². The van der Waals surface area contributed by atoms with Crippen LogP contribution in [0.1, 0.15) is 68.2 Å². The van der Waals surface area contributed by atoms with Gasteiger partial charge in [0, 0.05) is 6.04 Å². The molecule has 20 heavy (non-hydrogen) atoms. The smallest absolute Gasteiger partial charge is 0.0725 e. The molecule has 1 aliphatic heterocycles. The van der Waals surface area contributed by atoms with Crippen LogP contribution in [-0.2, 0) is 18.0 Å². The third kappa shape index (κ3) is 3.24. The highest BCUT2D eigenvalue weighted by atomic mass is 16.5. The molecule has 0 spiro atoms. The second kappa shape index (κ2) is 6.73. The van der Waals surface area contributed by atoms with Crippen molar-refractivity contribution in [3.05, 3.63) is 34.9 Å². The summed E-state index contributed by atoms with van der Waals surface area (Å²) in [5.41, 5.74) is 4.25. The topological polar surface area (TPSA) is 21.3 Å². The molecule has 0 saturated heterocycles. The molecule has 1 heterocycles. The fourth-order valence-corrected chi connectivity index (χ4v) is 3.64. The van der Waals surface area contributed by atoms with Gasteiger partial charge in [0.05, 0.1) is 13.2 Å². The summed E-state index contributed by atoms with van der Waals surface area (Å²) < 4.78 is 5.54. The summed E-state index contributed by atoms with van der Waals surface area (Å²) in [6.07, 6.45) is 8.23. The Kier molecular flexibility index (Phi) is 4.74. The molecule has 1 aliphatic carbocycles. The summed E-state index contributed by atoms with van der Waals surface area (Å²) in [6.45, 7) is 4.96. The van der Waals surface area contributed by atoms with E-state index in [0.717, 1.165) is 25.7 Å². The molecule has 1 saturated carbocycles. The number of ether oxygens (including phenoxy) is 1. The zero-order chi connectivity index (χ0) is 13.8. The normalized spacial score (nSPS) is 20.2. The van der Waals surface area contributed by atoms with E-state index in [1.807, 2.05) is 0 Å². The highest BCUT2D eigenvalue weighted by Gasteiger charge is 2.22. The predicted molar refractivity (Wildman–Crippen MR) is 82.5 cm³/mol. The Morgan fingerprint density at radius 2 is 2.00 bits per heavy atom. The average Bonchev–Trinajstić information content (AvgIpc) is 3.13. The van der Waals surface area contributed by atoms with Gasteiger partial charge in [-0.05, 0) is 42.0 Å². The van der Waals surface area contributed by atoms with Crippen molar-refractivity contribution in [2.45, 2.75) is 64.7 Å². The summed E-state index contributed by atoms with van der Waals surface area (Å²) in [5, 5.41) is 3.76. The van der Waals surface area contributed by atoms with Crippen molar-refractivity contribution in [2.75, 3.05) is 6.54 Å². The zero-order valence-electron chi connectivity index (χ0n) is 12.7. The lowest BCUT2D eigenvalue weighted by molar-refractivity contribution is 0.134. The maximum absolute atomic E-state index is 5.54. The zero-order valence-corrected chi connectivity index (χ0v) is 12.7. The minimum absolute atomic E-state index is 0.531. The first-order valence-corrected chi connectivity index (χ1v) is 8.29. The van der Waals surface area contributed by atoms with Crippen molar-refractivity contribution >= 4 is 0 Å². The van der Waals surface area contributed by atoms with Gasteiger partial charge in [-0.3, -0.25) is 0 Å². The highest BCUT2D eigenvalue weighted by Crippen LogP contribution is 2.34. The van der Waals surface area contributed by atoms with Crippen LogP contribution in [-0.4, -0.2) is 6.54 Å². The van der Waals surface area contributed by atoms with Gasteiger partial charge in [-0.2, -0.15) is 0 Å². The van der Waals surface area contributed by atoms with E-state index in [1.165, 1.54) is 55.2 Å². The van der Waals surface area contributed by atoms with E-state index in [4.69, 9.17) is 4.74 Å². The van der Waals surface area contributed by atoms with Gasteiger partial charge >= 0.3 is 0 Å². The van der Waals surface area contributed by atoms with Gasteiger partial charge in [0.2, 0.25) is 0 Å². The second-order valence-corrected chi connectivity index (χ2v) is 6.41. The summed E-state index contributed by atoms with van der Waals surface area (Å²) in [7, 11) is 0. The molecule has 2 nitrogen and oxygen atoms in total. The molecule has 1 N–H and O–H groups in total. The molecule has 0 aromatic heterocycles. The van der Waals surface area contributed by atoms with Crippen molar-refractivity contribution in [3.8, 4) is 0 Å². The maximum Gasteiger partial charge on any atom is 0.0725 e. The van der Waals surface area contributed by atoms with Crippen LogP contribution in [0, 0.1) is 5.92 Å². The Morgan fingerprint density at radius 3 is 2.80 bits per heavy atom. The van der Waals surface area contributed by atoms with Crippen LogP contribution in [0.15, 0.2) is 18.2 Å². The number of fused-ring (bicyclic) bond motifs is 1. The van der Waals surface area contributed by atoms with Gasteiger partial charge in [-0.1, -0.05) is 50.8 Å². The minimum atomic E-state index is 0.531. The molecule has 0 radical (unpaired) electrons. The number of hydrogen-bond acceptors (Lipinski definition) is 2. The third-order valence-corrected chi connectivity index (χ3v) is 4.83. The van der Waals surface area contributed by atoms with Gasteiger partial charge in [-0.15, -0.1) is 0 Å². The molecule has 0 bridgehead atoms. The van der Waals surface area contributed by atoms with Crippen molar-refractivity contribution < 1.29 is 4.74 Å². The van der Waals surface area contributed by atoms with E-state index < -0.39 is 0 Å². The molecule has 1 atom stereocenters. The molecular formula is C18H27NO. The van der Waals surface area contributed by atoms with Gasteiger partial charge in [0.15, 0.2) is 0 Å². The van der Waals surface area contributed by atoms with E-state index in [0.29, 0.717) is 6.04 Å². The van der Waals surface area contributed by atoms with Crippen LogP contribution in [0.25, 0.3) is 0 Å². The lowest BCUT2D eigenvalue weighted by atomic mass is 9.92. The summed E-state index contributed by atoms with van der Waals surface area (Å²) in [6, 6.07) is 7.50. The van der Waals surface area contributed by atoms with Crippen LogP contribution >= 0.6 is 0 Å². The number of hydrogen-bond donors (Lipinski definition) is 1. The SMILES string of the molecule is CCCNC(CC1CCCC1)c1ccc2c(c1)COC2. The molecule has 2 heteroatoms. The van der Waals surface area contributed by atoms with Crippen LogP contribution < -0.4 is 5.32 Å². The van der Waals surface area contributed by atoms with Gasteiger partial charge in [0.25, 0.3) is 0 Å². The predicted octanol–water partition coefficient (Wildman–Crippen LogP) is 4.34. The Bertz CT molecular complexity index is 437. The van der Waals surface area contributed by atoms with E-state index in [9.17, 15) is 0 Å². The Balaban J connectivity index is 1.73. The quantitative estimate of drug-likeness (QED) is 0.832. The van der Waals surface area contributed by atoms with Crippen LogP contribution in [0.2, 0.25) is 0 Å². The van der Waals surface area contributed by atoms with Crippen molar-refractivity contribution in [1.29, 1.82) is 0 Å². The van der Waals surface area contributed by atoms with E-state index in [-0.39, 0.29) is 0 Å². The van der Waals surface area contributed by atoms with Crippen molar-refractivity contribution in [2.24, 2.45) is 5.92 Å². The van der Waals surface area contributed by atoms with Gasteiger partial charge < -0.3 is 10.1 Å². The van der Waals surface area contributed by atoms with E-state index in [2.05, 4.69) is 30.4 Å². The van der Waals surface area contributed by atoms with Crippen LogP contribution in [0.4, 0.5) is 0 Å². The second-order valence-electron chi connectivity index (χ2n) is 6.41. The maximum atomic E-state index is 5.54. The van der Waals surface area contributed by atoms with E-state index >= 15 is 0 Å². The Morgan fingerprint density at radius 1 is 1.20 bits per heavy atom. The lowest BCUT2D eigenvalue weighted by Gasteiger charge is -2.23. The van der Waals surface area contributed by atoms with Crippen molar-refractivity contribution in [3.63, 3.8) is 0 Å². The molecule has 3 rings (SSSR count). The van der Waals surface area contributed by atoms with Crippen LogP contribution in [0.3, 0.4) is 0 Å². The average molecular weight is 273 g/mol. The number of rotatable bonds is 6. The molecular weight excluding hydrogens is 246 g/mol. The first-order valence-electron chi connectivity index (χ1n) is 8.29. The molecule has 0 amide bonds. The number of nitrogens with one attached hydrogen (secondary N) is 1. The standard InChI is InChI=1S/C18H27NO/c1-2-9-19-18(10-14-5-3-4-6-14)15-7-8-16-12-20-13-17(16)11-15/h7-8,11,14,18-19H,2-6,9-10,12-13H2,1H3. The van der Waals surface area contributed by atoms with Crippen LogP contribution in [0.5, 0.6) is 0 Å².